The molecule has 110 valence electrons. The van der Waals surface area contributed by atoms with Gasteiger partial charge in [0.05, 0.1) is 10.7 Å². The smallest absolute Gasteiger partial charge is 0.293 e. The number of nitro benzene ring substituents is 1. The number of carbonyl (C=O) groups is 1. The lowest BCUT2D eigenvalue weighted by atomic mass is 10.1. The van der Waals surface area contributed by atoms with Gasteiger partial charge in [-0.2, -0.15) is 0 Å². The number of nitro groups is 1. The van der Waals surface area contributed by atoms with E-state index in [2.05, 4.69) is 15.5 Å². The van der Waals surface area contributed by atoms with Crippen LogP contribution in [0.15, 0.2) is 29.7 Å². The SMILES string of the molecule is Cc1cccc([N+](=O)[O-])c1NC(=O)CSc1nncn1C. The lowest BCUT2D eigenvalue weighted by Gasteiger charge is -2.08. The molecule has 9 heteroatoms. The topological polar surface area (TPSA) is 103 Å². The van der Waals surface area contributed by atoms with Crippen LogP contribution in [-0.4, -0.2) is 31.3 Å². The van der Waals surface area contributed by atoms with E-state index < -0.39 is 4.92 Å². The second-order valence-corrected chi connectivity index (χ2v) is 5.23. The van der Waals surface area contributed by atoms with Crippen LogP contribution in [0.3, 0.4) is 0 Å². The number of benzene rings is 1. The van der Waals surface area contributed by atoms with E-state index in [1.54, 1.807) is 30.7 Å². The number of thioether (sulfide) groups is 1. The van der Waals surface area contributed by atoms with E-state index in [1.165, 1.54) is 24.2 Å². The molecule has 0 saturated carbocycles. The molecule has 8 nitrogen and oxygen atoms in total. The molecular formula is C12H13N5O3S. The average molecular weight is 307 g/mol. The number of para-hydroxylation sites is 1. The Morgan fingerprint density at radius 2 is 2.29 bits per heavy atom. The van der Waals surface area contributed by atoms with Crippen molar-refractivity contribution in [3.63, 3.8) is 0 Å². The Hall–Kier alpha value is -2.42. The zero-order valence-electron chi connectivity index (χ0n) is 11.4. The summed E-state index contributed by atoms with van der Waals surface area (Å²) in [4.78, 5) is 22.4. The number of carbonyl (C=O) groups excluding carboxylic acids is 1. The van der Waals surface area contributed by atoms with E-state index in [0.29, 0.717) is 10.7 Å². The van der Waals surface area contributed by atoms with Gasteiger partial charge in [-0.05, 0) is 12.5 Å². The Bertz CT molecular complexity index is 685. The molecule has 1 N–H and O–H groups in total. The third-order valence-corrected chi connectivity index (χ3v) is 3.75. The highest BCUT2D eigenvalue weighted by Crippen LogP contribution is 2.27. The Kier molecular flexibility index (Phi) is 4.53. The van der Waals surface area contributed by atoms with Crippen LogP contribution in [0.5, 0.6) is 0 Å². The molecule has 0 fully saturated rings. The van der Waals surface area contributed by atoms with E-state index in [-0.39, 0.29) is 23.0 Å². The van der Waals surface area contributed by atoms with Crippen molar-refractivity contribution in [3.05, 3.63) is 40.2 Å². The second-order valence-electron chi connectivity index (χ2n) is 4.29. The normalized spacial score (nSPS) is 10.4. The molecule has 0 aliphatic heterocycles. The number of anilines is 1. The minimum absolute atomic E-state index is 0.0953. The second kappa shape index (κ2) is 6.35. The van der Waals surface area contributed by atoms with Gasteiger partial charge in [-0.3, -0.25) is 14.9 Å². The Morgan fingerprint density at radius 1 is 1.52 bits per heavy atom. The average Bonchev–Trinajstić information content (AvgIpc) is 2.84. The van der Waals surface area contributed by atoms with Crippen molar-refractivity contribution in [2.75, 3.05) is 11.1 Å². The molecule has 1 heterocycles. The van der Waals surface area contributed by atoms with Crippen LogP contribution < -0.4 is 5.32 Å². The molecule has 0 aliphatic carbocycles. The fraction of sp³-hybridized carbons (Fsp3) is 0.250. The number of hydrogen-bond acceptors (Lipinski definition) is 6. The molecule has 1 amide bonds. The van der Waals surface area contributed by atoms with Crippen molar-refractivity contribution in [2.45, 2.75) is 12.1 Å². The van der Waals surface area contributed by atoms with Crippen LogP contribution in [0, 0.1) is 17.0 Å². The molecule has 0 unspecified atom stereocenters. The van der Waals surface area contributed by atoms with E-state index in [4.69, 9.17) is 0 Å². The number of rotatable bonds is 5. The maximum atomic E-state index is 11.9. The van der Waals surface area contributed by atoms with Gasteiger partial charge in [0.15, 0.2) is 5.16 Å². The molecule has 0 radical (unpaired) electrons. The predicted octanol–water partition coefficient (Wildman–Crippen LogP) is 1.76. The maximum absolute atomic E-state index is 11.9. The highest BCUT2D eigenvalue weighted by Gasteiger charge is 2.18. The van der Waals surface area contributed by atoms with Gasteiger partial charge in [-0.15, -0.1) is 10.2 Å². The Morgan fingerprint density at radius 3 is 2.90 bits per heavy atom. The summed E-state index contributed by atoms with van der Waals surface area (Å²) in [5.41, 5.74) is 0.749. The van der Waals surface area contributed by atoms with Gasteiger partial charge in [0.2, 0.25) is 5.91 Å². The summed E-state index contributed by atoms with van der Waals surface area (Å²) in [6.45, 7) is 1.71. The van der Waals surface area contributed by atoms with Gasteiger partial charge >= 0.3 is 0 Å². The van der Waals surface area contributed by atoms with Gasteiger partial charge in [-0.1, -0.05) is 23.9 Å². The standard InChI is InChI=1S/C12H13N5O3S/c1-8-4-3-5-9(17(19)20)11(8)14-10(18)6-21-12-15-13-7-16(12)2/h3-5,7H,6H2,1-2H3,(H,14,18). The molecule has 0 atom stereocenters. The van der Waals surface area contributed by atoms with E-state index in [1.807, 2.05) is 0 Å². The fourth-order valence-corrected chi connectivity index (χ4v) is 2.36. The lowest BCUT2D eigenvalue weighted by Crippen LogP contribution is -2.16. The van der Waals surface area contributed by atoms with Crippen LogP contribution in [0.4, 0.5) is 11.4 Å². The summed E-state index contributed by atoms with van der Waals surface area (Å²) in [6.07, 6.45) is 1.53. The number of hydrogen-bond donors (Lipinski definition) is 1. The molecule has 0 aliphatic rings. The molecule has 1 aromatic carbocycles. The van der Waals surface area contributed by atoms with E-state index in [0.717, 1.165) is 0 Å². The molecule has 1 aromatic heterocycles. The van der Waals surface area contributed by atoms with Crippen molar-refractivity contribution < 1.29 is 9.72 Å². The van der Waals surface area contributed by atoms with Gasteiger partial charge in [-0.25, -0.2) is 0 Å². The van der Waals surface area contributed by atoms with Crippen LogP contribution >= 0.6 is 11.8 Å². The van der Waals surface area contributed by atoms with Crippen molar-refractivity contribution in [2.24, 2.45) is 7.05 Å². The summed E-state index contributed by atoms with van der Waals surface area (Å²) < 4.78 is 1.69. The fourth-order valence-electron chi connectivity index (χ4n) is 1.68. The first-order valence-corrected chi connectivity index (χ1v) is 6.98. The van der Waals surface area contributed by atoms with Crippen molar-refractivity contribution in [1.29, 1.82) is 0 Å². The first kappa shape index (κ1) is 15.0. The largest absolute Gasteiger partial charge is 0.319 e. The summed E-state index contributed by atoms with van der Waals surface area (Å²) in [5.74, 6) is -0.238. The number of nitrogens with one attached hydrogen (secondary N) is 1. The molecule has 0 spiro atoms. The van der Waals surface area contributed by atoms with Gasteiger partial charge in [0, 0.05) is 13.1 Å². The Labute approximate surface area is 124 Å². The predicted molar refractivity (Wildman–Crippen MR) is 78.2 cm³/mol. The third kappa shape index (κ3) is 3.57. The zero-order chi connectivity index (χ0) is 15.4. The lowest BCUT2D eigenvalue weighted by molar-refractivity contribution is -0.384. The number of amides is 1. The minimum atomic E-state index is -0.515. The quantitative estimate of drug-likeness (QED) is 0.513. The first-order valence-electron chi connectivity index (χ1n) is 5.99. The monoisotopic (exact) mass is 307 g/mol. The number of aromatic nitrogens is 3. The first-order chi connectivity index (χ1) is 9.99. The summed E-state index contributed by atoms with van der Waals surface area (Å²) in [7, 11) is 1.77. The van der Waals surface area contributed by atoms with E-state index >= 15 is 0 Å². The van der Waals surface area contributed by atoms with Crippen LogP contribution in [0.1, 0.15) is 5.56 Å². The zero-order valence-corrected chi connectivity index (χ0v) is 12.3. The number of aryl methyl sites for hydroxylation is 2. The molecular weight excluding hydrogens is 294 g/mol. The molecule has 0 saturated heterocycles. The summed E-state index contributed by atoms with van der Waals surface area (Å²) >= 11 is 1.21. The van der Waals surface area contributed by atoms with Gasteiger partial charge in [0.1, 0.15) is 12.0 Å². The van der Waals surface area contributed by atoms with Crippen LogP contribution in [0.25, 0.3) is 0 Å². The number of nitrogens with zero attached hydrogens (tertiary/aromatic N) is 4. The molecule has 2 rings (SSSR count). The van der Waals surface area contributed by atoms with Crippen LogP contribution in [0.2, 0.25) is 0 Å². The maximum Gasteiger partial charge on any atom is 0.293 e. The summed E-state index contributed by atoms with van der Waals surface area (Å²) in [6, 6.07) is 4.65. The van der Waals surface area contributed by atoms with Crippen molar-refractivity contribution in [3.8, 4) is 0 Å². The van der Waals surface area contributed by atoms with Crippen molar-refractivity contribution >= 4 is 29.0 Å². The highest BCUT2D eigenvalue weighted by atomic mass is 32.2. The molecule has 2 aromatic rings. The Balaban J connectivity index is 2.06. The summed E-state index contributed by atoms with van der Waals surface area (Å²) in [5, 5.41) is 21.7. The van der Waals surface area contributed by atoms with Crippen molar-refractivity contribution in [1.82, 2.24) is 14.8 Å². The van der Waals surface area contributed by atoms with Crippen LogP contribution in [-0.2, 0) is 11.8 Å². The minimum Gasteiger partial charge on any atom is -0.319 e. The highest BCUT2D eigenvalue weighted by molar-refractivity contribution is 7.99. The third-order valence-electron chi connectivity index (χ3n) is 2.71. The van der Waals surface area contributed by atoms with E-state index in [9.17, 15) is 14.9 Å². The molecule has 21 heavy (non-hydrogen) atoms. The van der Waals surface area contributed by atoms with Gasteiger partial charge < -0.3 is 9.88 Å². The molecule has 0 bridgehead atoms. The van der Waals surface area contributed by atoms with Gasteiger partial charge in [0.25, 0.3) is 5.69 Å².